The summed E-state index contributed by atoms with van der Waals surface area (Å²) in [6.07, 6.45) is 0. The normalized spacial score (nSPS) is 9.08. The average Bonchev–Trinajstić information content (AvgIpc) is 2.05. The number of benzene rings is 1. The molecule has 0 radical (unpaired) electrons. The largest absolute Gasteiger partial charge is 0.358 e. The van der Waals surface area contributed by atoms with Gasteiger partial charge in [0.05, 0.1) is 5.69 Å². The van der Waals surface area contributed by atoms with E-state index in [0.717, 1.165) is 5.69 Å². The van der Waals surface area contributed by atoms with Gasteiger partial charge in [0.1, 0.15) is 0 Å². The van der Waals surface area contributed by atoms with Crippen molar-refractivity contribution in [1.29, 1.82) is 0 Å². The highest BCUT2D eigenvalue weighted by atomic mass is 32.1. The minimum Gasteiger partial charge on any atom is -0.358 e. The van der Waals surface area contributed by atoms with Gasteiger partial charge in [-0.1, -0.05) is 18.2 Å². The van der Waals surface area contributed by atoms with Crippen LogP contribution < -0.4 is 10.8 Å². The fourth-order valence-electron chi connectivity index (χ4n) is 0.826. The van der Waals surface area contributed by atoms with Crippen molar-refractivity contribution in [2.24, 2.45) is 5.73 Å². The molecule has 0 aromatic heterocycles. The Kier molecular flexibility index (Phi) is 2.88. The second kappa shape index (κ2) is 3.92. The predicted molar refractivity (Wildman–Crippen MR) is 52.7 cm³/mol. The van der Waals surface area contributed by atoms with E-state index in [1.807, 2.05) is 30.3 Å². The molecule has 1 aromatic carbocycles. The molecule has 0 aliphatic heterocycles. The van der Waals surface area contributed by atoms with Crippen LogP contribution in [-0.4, -0.2) is 12.2 Å². The second-order valence-electron chi connectivity index (χ2n) is 2.24. The number of nitrogens with zero attached hydrogens (tertiary/aromatic N) is 1. The molecule has 4 heteroatoms. The Bertz CT molecular complexity index is 263. The number of hydrogen-bond acceptors (Lipinski definition) is 3. The van der Waals surface area contributed by atoms with Crippen LogP contribution >= 0.6 is 12.2 Å². The fraction of sp³-hybridized carbons (Fsp3) is 0.125. The first kappa shape index (κ1) is 8.80. The number of para-hydroxylation sites is 1. The molecule has 0 aliphatic carbocycles. The van der Waals surface area contributed by atoms with Crippen LogP contribution in [0.4, 0.5) is 5.69 Å². The highest BCUT2D eigenvalue weighted by Gasteiger charge is 1.99. The molecule has 12 heavy (non-hydrogen) atoms. The number of thiocarbonyl (C=S) groups is 1. The Morgan fingerprint density at radius 2 is 2.00 bits per heavy atom. The lowest BCUT2D eigenvalue weighted by atomic mass is 10.3. The van der Waals surface area contributed by atoms with Gasteiger partial charge in [-0.3, -0.25) is 0 Å². The van der Waals surface area contributed by atoms with E-state index in [4.69, 9.17) is 10.6 Å². The van der Waals surface area contributed by atoms with E-state index < -0.39 is 0 Å². The zero-order chi connectivity index (χ0) is 8.97. The van der Waals surface area contributed by atoms with E-state index in [1.165, 1.54) is 5.06 Å². The molecule has 0 saturated carbocycles. The van der Waals surface area contributed by atoms with E-state index in [1.54, 1.807) is 7.05 Å². The summed E-state index contributed by atoms with van der Waals surface area (Å²) in [6, 6.07) is 9.55. The third kappa shape index (κ3) is 2.39. The predicted octanol–water partition coefficient (Wildman–Crippen LogP) is 1.30. The van der Waals surface area contributed by atoms with Gasteiger partial charge in [0.15, 0.2) is 0 Å². The van der Waals surface area contributed by atoms with Gasteiger partial charge in [-0.15, -0.1) is 0 Å². The molecule has 0 saturated heterocycles. The third-order valence-electron chi connectivity index (χ3n) is 1.35. The van der Waals surface area contributed by atoms with Gasteiger partial charge in [0.2, 0.25) is 0 Å². The number of rotatable bonds is 2. The lowest BCUT2D eigenvalue weighted by molar-refractivity contribution is 0.294. The van der Waals surface area contributed by atoms with Crippen LogP contribution in [-0.2, 0) is 4.84 Å². The summed E-state index contributed by atoms with van der Waals surface area (Å²) < 4.78 is 0. The van der Waals surface area contributed by atoms with Crippen molar-refractivity contribution in [2.45, 2.75) is 0 Å². The van der Waals surface area contributed by atoms with Gasteiger partial charge in [-0.2, -0.15) is 0 Å². The summed E-state index contributed by atoms with van der Waals surface area (Å²) in [5.41, 5.74) is 6.11. The molecule has 0 spiro atoms. The molecule has 0 bridgehead atoms. The van der Waals surface area contributed by atoms with Crippen LogP contribution in [0.5, 0.6) is 0 Å². The summed E-state index contributed by atoms with van der Waals surface area (Å²) in [6.45, 7) is 0. The quantitative estimate of drug-likeness (QED) is 0.552. The van der Waals surface area contributed by atoms with Crippen LogP contribution in [0.2, 0.25) is 0 Å². The Morgan fingerprint density at radius 1 is 1.42 bits per heavy atom. The molecule has 0 aliphatic rings. The molecule has 0 amide bonds. The summed E-state index contributed by atoms with van der Waals surface area (Å²) >= 11 is 4.59. The van der Waals surface area contributed by atoms with Gasteiger partial charge in [0.25, 0.3) is 5.17 Å². The molecule has 0 atom stereocenters. The first-order chi connectivity index (χ1) is 5.70. The monoisotopic (exact) mass is 182 g/mol. The Morgan fingerprint density at radius 3 is 2.50 bits per heavy atom. The highest BCUT2D eigenvalue weighted by Crippen LogP contribution is 2.10. The second-order valence-corrected chi connectivity index (χ2v) is 2.65. The Labute approximate surface area is 76.7 Å². The van der Waals surface area contributed by atoms with Gasteiger partial charge >= 0.3 is 0 Å². The molecule has 0 unspecified atom stereocenters. The van der Waals surface area contributed by atoms with Gasteiger partial charge < -0.3 is 10.6 Å². The van der Waals surface area contributed by atoms with E-state index in [-0.39, 0.29) is 5.17 Å². The maximum atomic E-state index is 5.20. The molecular weight excluding hydrogens is 172 g/mol. The van der Waals surface area contributed by atoms with Gasteiger partial charge in [-0.05, 0) is 24.4 Å². The van der Waals surface area contributed by atoms with Crippen molar-refractivity contribution in [3.05, 3.63) is 30.3 Å². The topological polar surface area (TPSA) is 38.5 Å². The van der Waals surface area contributed by atoms with E-state index in [2.05, 4.69) is 12.2 Å². The van der Waals surface area contributed by atoms with Crippen LogP contribution in [0.15, 0.2) is 30.3 Å². The fourth-order valence-corrected chi connectivity index (χ4v) is 0.937. The molecular formula is C8H10N2OS. The summed E-state index contributed by atoms with van der Waals surface area (Å²) in [5, 5.41) is 1.53. The smallest absolute Gasteiger partial charge is 0.284 e. The Balaban J connectivity index is 2.65. The van der Waals surface area contributed by atoms with Crippen molar-refractivity contribution < 1.29 is 4.84 Å². The van der Waals surface area contributed by atoms with Crippen molar-refractivity contribution in [2.75, 3.05) is 12.1 Å². The van der Waals surface area contributed by atoms with Crippen molar-refractivity contribution in [3.8, 4) is 0 Å². The lowest BCUT2D eigenvalue weighted by Gasteiger charge is -2.17. The first-order valence-electron chi connectivity index (χ1n) is 3.46. The van der Waals surface area contributed by atoms with Crippen molar-refractivity contribution >= 4 is 23.1 Å². The summed E-state index contributed by atoms with van der Waals surface area (Å²) in [7, 11) is 1.74. The molecule has 2 N–H and O–H groups in total. The minimum absolute atomic E-state index is 0.0151. The average molecular weight is 182 g/mol. The first-order valence-corrected chi connectivity index (χ1v) is 3.87. The van der Waals surface area contributed by atoms with Crippen molar-refractivity contribution in [1.82, 2.24) is 0 Å². The lowest BCUT2D eigenvalue weighted by Crippen LogP contribution is -2.26. The zero-order valence-corrected chi connectivity index (χ0v) is 7.54. The zero-order valence-electron chi connectivity index (χ0n) is 6.73. The maximum Gasteiger partial charge on any atom is 0.284 e. The highest BCUT2D eigenvalue weighted by molar-refractivity contribution is 7.80. The van der Waals surface area contributed by atoms with Crippen LogP contribution in [0.3, 0.4) is 0 Å². The van der Waals surface area contributed by atoms with E-state index in [9.17, 15) is 0 Å². The number of nitrogens with two attached hydrogens (primary N) is 1. The number of hydroxylamine groups is 1. The maximum absolute atomic E-state index is 5.20. The SMILES string of the molecule is CN(OC(N)=S)c1ccccc1. The minimum atomic E-state index is 0.0151. The van der Waals surface area contributed by atoms with Crippen LogP contribution in [0, 0.1) is 0 Å². The standard InChI is InChI=1S/C8H10N2OS/c1-10(11-8(9)12)7-5-3-2-4-6-7/h2-6H,1H3,(H2,9,12). The molecule has 0 heterocycles. The van der Waals surface area contributed by atoms with Crippen LogP contribution in [0.1, 0.15) is 0 Å². The number of anilines is 1. The van der Waals surface area contributed by atoms with E-state index >= 15 is 0 Å². The molecule has 0 fully saturated rings. The molecule has 3 nitrogen and oxygen atoms in total. The Hall–Kier alpha value is -1.29. The number of hydrogen-bond donors (Lipinski definition) is 1. The molecule has 1 aromatic rings. The third-order valence-corrected chi connectivity index (χ3v) is 1.42. The summed E-state index contributed by atoms with van der Waals surface area (Å²) in [4.78, 5) is 4.98. The molecule has 1 rings (SSSR count). The van der Waals surface area contributed by atoms with Gasteiger partial charge in [0, 0.05) is 7.05 Å². The van der Waals surface area contributed by atoms with Gasteiger partial charge in [-0.25, -0.2) is 5.06 Å². The summed E-state index contributed by atoms with van der Waals surface area (Å²) in [5.74, 6) is 0. The van der Waals surface area contributed by atoms with Crippen molar-refractivity contribution in [3.63, 3.8) is 0 Å². The van der Waals surface area contributed by atoms with E-state index in [0.29, 0.717) is 0 Å². The van der Waals surface area contributed by atoms with Crippen LogP contribution in [0.25, 0.3) is 0 Å². The molecule has 64 valence electrons.